The van der Waals surface area contributed by atoms with Crippen LogP contribution in [0.15, 0.2) is 18.2 Å². The van der Waals surface area contributed by atoms with E-state index in [1.807, 2.05) is 0 Å². The lowest BCUT2D eigenvalue weighted by Gasteiger charge is -2.10. The van der Waals surface area contributed by atoms with E-state index in [2.05, 4.69) is 17.6 Å². The van der Waals surface area contributed by atoms with Gasteiger partial charge in [-0.05, 0) is 18.2 Å². The Hall–Kier alpha value is -1.60. The molecular formula is C12H10N2O3S2. The van der Waals surface area contributed by atoms with Gasteiger partial charge in [0.15, 0.2) is 5.13 Å². The Morgan fingerprint density at radius 3 is 2.95 bits per heavy atom. The highest BCUT2D eigenvalue weighted by Gasteiger charge is 2.30. The monoisotopic (exact) mass is 294 g/mol. The van der Waals surface area contributed by atoms with E-state index in [9.17, 15) is 9.59 Å². The Labute approximate surface area is 118 Å². The summed E-state index contributed by atoms with van der Waals surface area (Å²) in [6, 6.07) is 4.76. The van der Waals surface area contributed by atoms with Gasteiger partial charge in [0, 0.05) is 18.2 Å². The third kappa shape index (κ3) is 2.19. The summed E-state index contributed by atoms with van der Waals surface area (Å²) >= 11 is 5.63. The Morgan fingerprint density at radius 2 is 2.32 bits per heavy atom. The maximum Gasteiger partial charge on any atom is 0.335 e. The molecule has 1 atom stereocenters. The number of amides is 1. The quantitative estimate of drug-likeness (QED) is 0.831. The number of hydrogen-bond acceptors (Lipinski definition) is 5. The van der Waals surface area contributed by atoms with Gasteiger partial charge in [0.2, 0.25) is 5.91 Å². The van der Waals surface area contributed by atoms with E-state index in [1.54, 1.807) is 17.0 Å². The minimum Gasteiger partial charge on any atom is -0.478 e. The number of thiazole rings is 1. The zero-order valence-corrected chi connectivity index (χ0v) is 11.4. The van der Waals surface area contributed by atoms with Crippen molar-refractivity contribution in [2.75, 3.05) is 11.4 Å². The van der Waals surface area contributed by atoms with Gasteiger partial charge in [0.25, 0.3) is 0 Å². The van der Waals surface area contributed by atoms with E-state index < -0.39 is 5.97 Å². The SMILES string of the molecule is O=C(O)c1ccc2nc(N3CC(S)CC3=O)sc2c1. The lowest BCUT2D eigenvalue weighted by Crippen LogP contribution is -2.24. The van der Waals surface area contributed by atoms with E-state index in [1.165, 1.54) is 17.4 Å². The number of rotatable bonds is 2. The van der Waals surface area contributed by atoms with Crippen LogP contribution in [-0.2, 0) is 4.79 Å². The molecule has 1 amide bonds. The van der Waals surface area contributed by atoms with Crippen LogP contribution >= 0.6 is 24.0 Å². The lowest BCUT2D eigenvalue weighted by molar-refractivity contribution is -0.117. The van der Waals surface area contributed by atoms with Crippen LogP contribution < -0.4 is 4.90 Å². The lowest BCUT2D eigenvalue weighted by atomic mass is 10.2. The standard InChI is InChI=1S/C12H10N2O3S2/c15-10-4-7(18)5-14(10)12-13-8-2-1-6(11(16)17)3-9(8)19-12/h1-3,7,18H,4-5H2,(H,16,17). The molecule has 1 saturated heterocycles. The van der Waals surface area contributed by atoms with Crippen molar-refractivity contribution < 1.29 is 14.7 Å². The Morgan fingerprint density at radius 1 is 1.53 bits per heavy atom. The average Bonchev–Trinajstić information content (AvgIpc) is 2.90. The molecule has 1 aromatic heterocycles. The molecule has 2 aromatic rings. The molecular weight excluding hydrogens is 284 g/mol. The van der Waals surface area contributed by atoms with Gasteiger partial charge in [-0.25, -0.2) is 9.78 Å². The average molecular weight is 294 g/mol. The number of carbonyl (C=O) groups excluding carboxylic acids is 1. The molecule has 0 bridgehead atoms. The van der Waals surface area contributed by atoms with Crippen LogP contribution in [0.2, 0.25) is 0 Å². The highest BCUT2D eigenvalue weighted by molar-refractivity contribution is 7.81. The molecule has 19 heavy (non-hydrogen) atoms. The van der Waals surface area contributed by atoms with Crippen molar-refractivity contribution in [3.05, 3.63) is 23.8 Å². The summed E-state index contributed by atoms with van der Waals surface area (Å²) in [6.45, 7) is 0.549. The first-order valence-corrected chi connectivity index (χ1v) is 7.00. The van der Waals surface area contributed by atoms with Crippen LogP contribution in [0.3, 0.4) is 0 Å². The van der Waals surface area contributed by atoms with Crippen molar-refractivity contribution in [3.63, 3.8) is 0 Å². The number of hydrogen-bond donors (Lipinski definition) is 2. The minimum absolute atomic E-state index is 0.0116. The summed E-state index contributed by atoms with van der Waals surface area (Å²) < 4.78 is 0.769. The molecule has 0 radical (unpaired) electrons. The highest BCUT2D eigenvalue weighted by Crippen LogP contribution is 2.32. The zero-order chi connectivity index (χ0) is 13.6. The molecule has 1 aliphatic rings. The summed E-state index contributed by atoms with van der Waals surface area (Å²) in [5, 5.41) is 9.60. The summed E-state index contributed by atoms with van der Waals surface area (Å²) in [6.07, 6.45) is 0.416. The Kier molecular flexibility index (Phi) is 2.94. The number of carboxylic acid groups (broad SMARTS) is 1. The molecule has 7 heteroatoms. The Bertz CT molecular complexity index is 683. The number of nitrogens with zero attached hydrogens (tertiary/aromatic N) is 2. The normalized spacial score (nSPS) is 19.3. The van der Waals surface area contributed by atoms with Crippen LogP contribution in [0.4, 0.5) is 5.13 Å². The maximum absolute atomic E-state index is 11.8. The van der Waals surface area contributed by atoms with Crippen molar-refractivity contribution in [2.45, 2.75) is 11.7 Å². The minimum atomic E-state index is -0.968. The van der Waals surface area contributed by atoms with Crippen molar-refractivity contribution in [1.29, 1.82) is 0 Å². The molecule has 1 unspecified atom stereocenters. The van der Waals surface area contributed by atoms with Crippen molar-refractivity contribution >= 4 is 51.2 Å². The third-order valence-corrected chi connectivity index (χ3v) is 4.35. The topological polar surface area (TPSA) is 70.5 Å². The molecule has 1 fully saturated rings. The van der Waals surface area contributed by atoms with Crippen LogP contribution in [0.5, 0.6) is 0 Å². The summed E-state index contributed by atoms with van der Waals surface area (Å²) in [7, 11) is 0. The largest absolute Gasteiger partial charge is 0.478 e. The van der Waals surface area contributed by atoms with Gasteiger partial charge in [0.05, 0.1) is 15.8 Å². The smallest absolute Gasteiger partial charge is 0.335 e. The first kappa shape index (κ1) is 12.4. The molecule has 1 N–H and O–H groups in total. The van der Waals surface area contributed by atoms with Gasteiger partial charge in [-0.15, -0.1) is 0 Å². The molecule has 1 aliphatic heterocycles. The van der Waals surface area contributed by atoms with E-state index in [4.69, 9.17) is 5.11 Å². The fraction of sp³-hybridized carbons (Fsp3) is 0.250. The second-order valence-corrected chi connectivity index (χ2v) is 6.09. The molecule has 98 valence electrons. The van der Waals surface area contributed by atoms with Crippen LogP contribution in [0, 0.1) is 0 Å². The molecule has 2 heterocycles. The number of aromatic carboxylic acids is 1. The number of anilines is 1. The summed E-state index contributed by atoms with van der Waals surface area (Å²) in [4.78, 5) is 28.7. The van der Waals surface area contributed by atoms with Gasteiger partial charge < -0.3 is 5.11 Å². The second kappa shape index (κ2) is 4.50. The van der Waals surface area contributed by atoms with Crippen molar-refractivity contribution in [1.82, 2.24) is 4.98 Å². The molecule has 5 nitrogen and oxygen atoms in total. The summed E-state index contributed by atoms with van der Waals surface area (Å²) in [5.74, 6) is -0.956. The number of benzene rings is 1. The zero-order valence-electron chi connectivity index (χ0n) is 9.74. The maximum atomic E-state index is 11.8. The van der Waals surface area contributed by atoms with Gasteiger partial charge in [-0.3, -0.25) is 9.69 Å². The van der Waals surface area contributed by atoms with Crippen LogP contribution in [-0.4, -0.2) is 33.8 Å². The van der Waals surface area contributed by atoms with E-state index >= 15 is 0 Å². The summed E-state index contributed by atoms with van der Waals surface area (Å²) in [5.41, 5.74) is 0.933. The van der Waals surface area contributed by atoms with Crippen LogP contribution in [0.25, 0.3) is 10.2 Å². The predicted molar refractivity (Wildman–Crippen MR) is 76.3 cm³/mol. The Balaban J connectivity index is 2.02. The fourth-order valence-corrected chi connectivity index (χ4v) is 3.39. The first-order chi connectivity index (χ1) is 9.04. The number of aromatic nitrogens is 1. The van der Waals surface area contributed by atoms with Gasteiger partial charge >= 0.3 is 5.97 Å². The molecule has 3 rings (SSSR count). The first-order valence-electron chi connectivity index (χ1n) is 5.67. The predicted octanol–water partition coefficient (Wildman–Crippen LogP) is 2.03. The van der Waals surface area contributed by atoms with Crippen LogP contribution in [0.1, 0.15) is 16.8 Å². The van der Waals surface area contributed by atoms with Gasteiger partial charge in [-0.1, -0.05) is 11.3 Å². The third-order valence-electron chi connectivity index (χ3n) is 2.96. The number of thiol groups is 1. The molecule has 0 aliphatic carbocycles. The highest BCUT2D eigenvalue weighted by atomic mass is 32.1. The van der Waals surface area contributed by atoms with Gasteiger partial charge in [-0.2, -0.15) is 12.6 Å². The van der Waals surface area contributed by atoms with E-state index in [-0.39, 0.29) is 16.7 Å². The molecule has 0 saturated carbocycles. The second-order valence-electron chi connectivity index (χ2n) is 4.35. The molecule has 1 aromatic carbocycles. The van der Waals surface area contributed by atoms with E-state index in [0.717, 1.165) is 4.70 Å². The number of fused-ring (bicyclic) bond motifs is 1. The number of carbonyl (C=O) groups is 2. The number of carboxylic acids is 1. The van der Waals surface area contributed by atoms with Crippen molar-refractivity contribution in [2.24, 2.45) is 0 Å². The molecule has 0 spiro atoms. The van der Waals surface area contributed by atoms with E-state index in [0.29, 0.717) is 23.6 Å². The fourth-order valence-electron chi connectivity index (χ4n) is 2.03. The van der Waals surface area contributed by atoms with Crippen molar-refractivity contribution in [3.8, 4) is 0 Å². The van der Waals surface area contributed by atoms with Gasteiger partial charge in [0.1, 0.15) is 0 Å².